The third-order valence-corrected chi connectivity index (χ3v) is 5.50. The van der Waals surface area contributed by atoms with Crippen LogP contribution >= 0.6 is 23.2 Å². The highest BCUT2D eigenvalue weighted by Gasteiger charge is 2.27. The van der Waals surface area contributed by atoms with Crippen LogP contribution in [0.5, 0.6) is 5.75 Å². The number of hydrogen-bond acceptors (Lipinski definition) is 3. The fourth-order valence-electron chi connectivity index (χ4n) is 3.02. The Kier molecular flexibility index (Phi) is 9.00. The van der Waals surface area contributed by atoms with Crippen LogP contribution in [0.2, 0.25) is 10.0 Å². The van der Waals surface area contributed by atoms with E-state index in [-0.39, 0.29) is 25.0 Å². The van der Waals surface area contributed by atoms with Gasteiger partial charge in [0.25, 0.3) is 5.91 Å². The molecule has 0 aliphatic carbocycles. The molecule has 1 N–H and O–H groups in total. The smallest absolute Gasteiger partial charge is 0.261 e. The van der Waals surface area contributed by atoms with Crippen LogP contribution in [0.15, 0.2) is 36.4 Å². The molecule has 0 aliphatic heterocycles. The molecule has 2 rings (SSSR count). The zero-order valence-electron chi connectivity index (χ0n) is 17.8. The van der Waals surface area contributed by atoms with E-state index in [0.717, 1.165) is 17.5 Å². The topological polar surface area (TPSA) is 58.6 Å². The number of ether oxygens (including phenoxy) is 1. The summed E-state index contributed by atoms with van der Waals surface area (Å²) in [6.07, 6.45) is 0.804. The van der Waals surface area contributed by atoms with E-state index in [2.05, 4.69) is 5.32 Å². The molecule has 1 atom stereocenters. The van der Waals surface area contributed by atoms with Crippen molar-refractivity contribution in [1.29, 1.82) is 0 Å². The van der Waals surface area contributed by atoms with Crippen molar-refractivity contribution in [3.63, 3.8) is 0 Å². The predicted molar refractivity (Wildman–Crippen MR) is 121 cm³/mol. The molecule has 0 saturated heterocycles. The number of carbonyl (C=O) groups is 2. The van der Waals surface area contributed by atoms with Crippen LogP contribution in [0.25, 0.3) is 0 Å². The van der Waals surface area contributed by atoms with E-state index < -0.39 is 6.04 Å². The Labute approximate surface area is 188 Å². The van der Waals surface area contributed by atoms with Gasteiger partial charge in [0, 0.05) is 28.7 Å². The van der Waals surface area contributed by atoms with E-state index in [4.69, 9.17) is 27.9 Å². The molecule has 2 aromatic rings. The zero-order chi connectivity index (χ0) is 22.3. The Morgan fingerprint density at radius 3 is 2.40 bits per heavy atom. The summed E-state index contributed by atoms with van der Waals surface area (Å²) in [6, 6.07) is 10.2. The van der Waals surface area contributed by atoms with Crippen LogP contribution in [-0.4, -0.2) is 35.9 Å². The second kappa shape index (κ2) is 11.2. The fourth-order valence-corrected chi connectivity index (χ4v) is 3.53. The van der Waals surface area contributed by atoms with Gasteiger partial charge in [-0.15, -0.1) is 0 Å². The maximum Gasteiger partial charge on any atom is 0.261 e. The fraction of sp³-hybridized carbons (Fsp3) is 0.391. The molecule has 0 radical (unpaired) electrons. The van der Waals surface area contributed by atoms with Crippen molar-refractivity contribution >= 4 is 35.0 Å². The highest BCUT2D eigenvalue weighted by Crippen LogP contribution is 2.27. The molecule has 2 amide bonds. The van der Waals surface area contributed by atoms with Crippen molar-refractivity contribution in [3.8, 4) is 5.75 Å². The molecule has 2 aromatic carbocycles. The Balaban J connectivity index is 2.22. The number of nitrogens with one attached hydrogen (secondary N) is 1. The van der Waals surface area contributed by atoms with Crippen molar-refractivity contribution in [2.45, 2.75) is 46.7 Å². The first-order valence-corrected chi connectivity index (χ1v) is 10.7. The molecule has 5 nitrogen and oxygen atoms in total. The molecule has 0 aliphatic rings. The average Bonchev–Trinajstić information content (AvgIpc) is 2.70. The summed E-state index contributed by atoms with van der Waals surface area (Å²) in [5.74, 6) is 0.0674. The maximum atomic E-state index is 13.1. The lowest BCUT2D eigenvalue weighted by Crippen LogP contribution is -2.49. The van der Waals surface area contributed by atoms with Crippen LogP contribution in [0.3, 0.4) is 0 Å². The first-order valence-electron chi connectivity index (χ1n) is 9.94. The van der Waals surface area contributed by atoms with Gasteiger partial charge in [-0.1, -0.05) is 53.9 Å². The van der Waals surface area contributed by atoms with Gasteiger partial charge in [-0.3, -0.25) is 9.59 Å². The summed E-state index contributed by atoms with van der Waals surface area (Å²) in [4.78, 5) is 27.1. The third-order valence-electron chi connectivity index (χ3n) is 4.79. The van der Waals surface area contributed by atoms with E-state index >= 15 is 0 Å². The quantitative estimate of drug-likeness (QED) is 0.588. The van der Waals surface area contributed by atoms with Crippen LogP contribution in [0.4, 0.5) is 0 Å². The molecule has 0 saturated carbocycles. The second-order valence-corrected chi connectivity index (χ2v) is 8.06. The van der Waals surface area contributed by atoms with Crippen LogP contribution in [-0.2, 0) is 16.1 Å². The summed E-state index contributed by atoms with van der Waals surface area (Å²) in [5.41, 5.74) is 2.65. The first kappa shape index (κ1) is 24.0. The van der Waals surface area contributed by atoms with E-state index in [1.165, 1.54) is 4.90 Å². The lowest BCUT2D eigenvalue weighted by Gasteiger charge is -2.29. The molecule has 0 heterocycles. The van der Waals surface area contributed by atoms with Crippen LogP contribution in [0, 0.1) is 13.8 Å². The number of nitrogens with zero attached hydrogens (tertiary/aromatic N) is 1. The number of hydrogen-bond donors (Lipinski definition) is 1. The normalized spacial score (nSPS) is 11.7. The molecular formula is C23H28Cl2N2O3. The molecule has 0 bridgehead atoms. The van der Waals surface area contributed by atoms with Gasteiger partial charge in [0.1, 0.15) is 11.8 Å². The number of amides is 2. The summed E-state index contributed by atoms with van der Waals surface area (Å²) < 4.78 is 5.75. The lowest BCUT2D eigenvalue weighted by molar-refractivity contribution is -0.142. The van der Waals surface area contributed by atoms with Gasteiger partial charge >= 0.3 is 0 Å². The molecule has 0 unspecified atom stereocenters. The van der Waals surface area contributed by atoms with Crippen LogP contribution < -0.4 is 10.1 Å². The van der Waals surface area contributed by atoms with E-state index in [1.807, 2.05) is 39.0 Å². The van der Waals surface area contributed by atoms with Crippen LogP contribution in [0.1, 0.15) is 37.0 Å². The van der Waals surface area contributed by atoms with Gasteiger partial charge in [-0.2, -0.15) is 0 Å². The number of aryl methyl sites for hydroxylation is 2. The van der Waals surface area contributed by atoms with Crippen molar-refractivity contribution in [2.75, 3.05) is 13.2 Å². The lowest BCUT2D eigenvalue weighted by atomic mass is 10.1. The Bertz CT molecular complexity index is 882. The summed E-state index contributed by atoms with van der Waals surface area (Å²) in [5, 5.41) is 3.71. The molecule has 0 spiro atoms. The van der Waals surface area contributed by atoms with E-state index in [1.54, 1.807) is 25.1 Å². The number of halogens is 2. The minimum atomic E-state index is -0.709. The van der Waals surface area contributed by atoms with Crippen molar-refractivity contribution in [1.82, 2.24) is 10.2 Å². The highest BCUT2D eigenvalue weighted by molar-refractivity contribution is 6.36. The molecular weight excluding hydrogens is 423 g/mol. The van der Waals surface area contributed by atoms with E-state index in [9.17, 15) is 9.59 Å². The monoisotopic (exact) mass is 450 g/mol. The van der Waals surface area contributed by atoms with Crippen molar-refractivity contribution in [3.05, 3.63) is 63.1 Å². The van der Waals surface area contributed by atoms with Gasteiger partial charge in [0.15, 0.2) is 6.61 Å². The molecule has 0 fully saturated rings. The number of carbonyl (C=O) groups excluding carboxylic acids is 2. The summed E-state index contributed by atoms with van der Waals surface area (Å²) in [7, 11) is 0. The average molecular weight is 451 g/mol. The molecule has 30 heavy (non-hydrogen) atoms. The number of benzene rings is 2. The standard InChI is InChI=1S/C23H28Cl2N2O3/c1-5-11-26-23(29)17(4)27(13-18-19(24)7-6-8-20(18)25)22(28)14-30-21-10-9-15(2)12-16(21)3/h6-10,12,17H,5,11,13-14H2,1-4H3,(H,26,29)/t17-/m0/s1. The molecule has 162 valence electrons. The van der Waals surface area contributed by atoms with Crippen molar-refractivity contribution < 1.29 is 14.3 Å². The third kappa shape index (κ3) is 6.38. The largest absolute Gasteiger partial charge is 0.483 e. The Hall–Kier alpha value is -2.24. The molecule has 0 aromatic heterocycles. The van der Waals surface area contributed by atoms with Crippen molar-refractivity contribution in [2.24, 2.45) is 0 Å². The SMILES string of the molecule is CCCNC(=O)[C@H](C)N(Cc1c(Cl)cccc1Cl)C(=O)COc1ccc(C)cc1C. The zero-order valence-corrected chi connectivity index (χ0v) is 19.3. The number of rotatable bonds is 9. The second-order valence-electron chi connectivity index (χ2n) is 7.25. The summed E-state index contributed by atoms with van der Waals surface area (Å²) >= 11 is 12.6. The Morgan fingerprint density at radius 2 is 1.80 bits per heavy atom. The first-order chi connectivity index (χ1) is 14.2. The minimum absolute atomic E-state index is 0.105. The predicted octanol–water partition coefficient (Wildman–Crippen LogP) is 4.93. The molecule has 7 heteroatoms. The maximum absolute atomic E-state index is 13.1. The van der Waals surface area contributed by atoms with Gasteiger partial charge < -0.3 is 15.0 Å². The van der Waals surface area contributed by atoms with Gasteiger partial charge in [0.2, 0.25) is 5.91 Å². The van der Waals surface area contributed by atoms with E-state index in [0.29, 0.717) is 27.9 Å². The van der Waals surface area contributed by atoms with Gasteiger partial charge in [-0.05, 0) is 51.0 Å². The summed E-state index contributed by atoms with van der Waals surface area (Å²) in [6.45, 7) is 8.02. The van der Waals surface area contributed by atoms with Gasteiger partial charge in [-0.25, -0.2) is 0 Å². The van der Waals surface area contributed by atoms with Gasteiger partial charge in [0.05, 0.1) is 0 Å². The highest BCUT2D eigenvalue weighted by atomic mass is 35.5. The Morgan fingerprint density at radius 1 is 1.13 bits per heavy atom. The minimum Gasteiger partial charge on any atom is -0.483 e.